The molecular weight excluding hydrogens is 194 g/mol. The molecule has 2 nitrogen and oxygen atoms in total. The Kier molecular flexibility index (Phi) is 5.60. The highest BCUT2D eigenvalue weighted by Gasteiger charge is 2.21. The van der Waals surface area contributed by atoms with Gasteiger partial charge in [0.2, 0.25) is 0 Å². The second kappa shape index (κ2) is 6.49. The molecule has 0 unspecified atom stereocenters. The maximum Gasteiger partial charge on any atom is 0.0670 e. The average Bonchev–Trinajstić information content (AvgIpc) is 2.67. The van der Waals surface area contributed by atoms with E-state index in [0.717, 1.165) is 19.4 Å². The molecule has 1 aliphatic heterocycles. The van der Waals surface area contributed by atoms with Crippen LogP contribution in [0, 0.1) is 0 Å². The Hall–Kier alpha value is 0.0100. The zero-order valence-electron chi connectivity index (χ0n) is 8.98. The number of hydrogen-bond acceptors (Lipinski definition) is 3. The van der Waals surface area contributed by atoms with E-state index in [1.807, 2.05) is 17.8 Å². The van der Waals surface area contributed by atoms with Crippen LogP contribution in [0.1, 0.15) is 19.3 Å². The summed E-state index contributed by atoms with van der Waals surface area (Å²) in [5.41, 5.74) is 0. The van der Waals surface area contributed by atoms with Gasteiger partial charge in [0.25, 0.3) is 0 Å². The van der Waals surface area contributed by atoms with Crippen LogP contribution in [-0.4, -0.2) is 47.3 Å². The molecule has 3 heteroatoms. The predicted molar refractivity (Wildman–Crippen MR) is 63.8 cm³/mol. The first-order valence-corrected chi connectivity index (χ1v) is 6.46. The second-order valence-electron chi connectivity index (χ2n) is 3.98. The molecule has 2 atom stereocenters. The maximum atomic E-state index is 9.71. The van der Waals surface area contributed by atoms with E-state index in [1.54, 1.807) is 0 Å². The molecule has 0 amide bonds. The molecule has 0 aromatic rings. The monoisotopic (exact) mass is 215 g/mol. The third-order valence-electron chi connectivity index (χ3n) is 2.73. The maximum absolute atomic E-state index is 9.71. The molecule has 0 saturated carbocycles. The Balaban J connectivity index is 2.17. The van der Waals surface area contributed by atoms with Gasteiger partial charge in [-0.3, -0.25) is 0 Å². The van der Waals surface area contributed by atoms with Crippen molar-refractivity contribution in [2.45, 2.75) is 31.4 Å². The lowest BCUT2D eigenvalue weighted by Crippen LogP contribution is -2.37. The zero-order chi connectivity index (χ0) is 10.4. The van der Waals surface area contributed by atoms with E-state index in [0.29, 0.717) is 6.04 Å². The Morgan fingerprint density at radius 2 is 2.50 bits per heavy atom. The highest BCUT2D eigenvalue weighted by Crippen LogP contribution is 2.21. The van der Waals surface area contributed by atoms with Gasteiger partial charge in [-0.05, 0) is 32.1 Å². The average molecular weight is 215 g/mol. The van der Waals surface area contributed by atoms with Gasteiger partial charge in [-0.1, -0.05) is 6.08 Å². The lowest BCUT2D eigenvalue weighted by molar-refractivity contribution is 0.103. The van der Waals surface area contributed by atoms with Crippen molar-refractivity contribution in [3.8, 4) is 0 Å². The molecule has 0 spiro atoms. The van der Waals surface area contributed by atoms with Gasteiger partial charge in [0.15, 0.2) is 0 Å². The molecule has 14 heavy (non-hydrogen) atoms. The van der Waals surface area contributed by atoms with Crippen LogP contribution in [0.15, 0.2) is 12.7 Å². The quantitative estimate of drug-likeness (QED) is 0.683. The van der Waals surface area contributed by atoms with Crippen molar-refractivity contribution in [1.82, 2.24) is 4.90 Å². The first-order valence-electron chi connectivity index (χ1n) is 5.31. The fourth-order valence-electron chi connectivity index (χ4n) is 1.75. The number of thioether (sulfide) groups is 1. The van der Waals surface area contributed by atoms with Crippen LogP contribution in [0.4, 0.5) is 0 Å². The van der Waals surface area contributed by atoms with E-state index >= 15 is 0 Å². The number of aliphatic hydroxyl groups is 1. The molecule has 1 saturated heterocycles. The van der Waals surface area contributed by atoms with Crippen LogP contribution in [0.25, 0.3) is 0 Å². The van der Waals surface area contributed by atoms with Crippen LogP contribution in [0.5, 0.6) is 0 Å². The number of aliphatic hydroxyl groups excluding tert-OH is 1. The molecule has 0 radical (unpaired) electrons. The van der Waals surface area contributed by atoms with Crippen molar-refractivity contribution in [1.29, 1.82) is 0 Å². The predicted octanol–water partition coefficient (Wildman–Crippen LogP) is 1.75. The van der Waals surface area contributed by atoms with Crippen molar-refractivity contribution in [2.24, 2.45) is 0 Å². The zero-order valence-corrected chi connectivity index (χ0v) is 9.80. The molecule has 82 valence electrons. The molecule has 1 heterocycles. The lowest BCUT2D eigenvalue weighted by Gasteiger charge is -2.25. The molecular formula is C11H21NOS. The first-order chi connectivity index (χ1) is 6.74. The van der Waals surface area contributed by atoms with Gasteiger partial charge in [-0.15, -0.1) is 6.58 Å². The topological polar surface area (TPSA) is 23.5 Å². The number of hydrogen-bond donors (Lipinski definition) is 1. The third kappa shape index (κ3) is 4.03. The summed E-state index contributed by atoms with van der Waals surface area (Å²) in [7, 11) is 2.12. The highest BCUT2D eigenvalue weighted by atomic mass is 32.2. The van der Waals surface area contributed by atoms with Crippen molar-refractivity contribution < 1.29 is 5.11 Å². The summed E-state index contributed by atoms with van der Waals surface area (Å²) in [5.74, 6) is 2.50. The van der Waals surface area contributed by atoms with Gasteiger partial charge in [-0.2, -0.15) is 11.8 Å². The van der Waals surface area contributed by atoms with Gasteiger partial charge < -0.3 is 10.0 Å². The van der Waals surface area contributed by atoms with Gasteiger partial charge >= 0.3 is 0 Å². The number of likely N-dealkylation sites (N-methyl/N-ethyl adjacent to an activating group) is 1. The van der Waals surface area contributed by atoms with E-state index < -0.39 is 0 Å². The number of nitrogens with zero attached hydrogens (tertiary/aromatic N) is 1. The third-order valence-corrected chi connectivity index (χ3v) is 3.88. The highest BCUT2D eigenvalue weighted by molar-refractivity contribution is 7.99. The van der Waals surface area contributed by atoms with Crippen LogP contribution >= 0.6 is 11.8 Å². The van der Waals surface area contributed by atoms with E-state index in [4.69, 9.17) is 0 Å². The standard InChI is InChI=1S/C11H21NOS/c1-3-4-5-11(13)8-12(2)10-6-7-14-9-10/h3,10-11,13H,1,4-9H2,2H3/t10-,11+/m0/s1. The molecule has 0 bridgehead atoms. The lowest BCUT2D eigenvalue weighted by atomic mass is 10.1. The summed E-state index contributed by atoms with van der Waals surface area (Å²) in [6.45, 7) is 4.47. The Labute approximate surface area is 91.4 Å². The number of allylic oxidation sites excluding steroid dienone is 1. The van der Waals surface area contributed by atoms with Crippen LogP contribution in [0.3, 0.4) is 0 Å². The largest absolute Gasteiger partial charge is 0.392 e. The van der Waals surface area contributed by atoms with Gasteiger partial charge in [0.05, 0.1) is 6.10 Å². The van der Waals surface area contributed by atoms with Crippen LogP contribution in [-0.2, 0) is 0 Å². The molecule has 0 aromatic heterocycles. The Morgan fingerprint density at radius 1 is 1.71 bits per heavy atom. The van der Waals surface area contributed by atoms with Crippen molar-refractivity contribution in [3.05, 3.63) is 12.7 Å². The SMILES string of the molecule is C=CCC[C@@H](O)CN(C)[C@H]1CCSC1. The first kappa shape index (κ1) is 12.1. The fraction of sp³-hybridized carbons (Fsp3) is 0.818. The summed E-state index contributed by atoms with van der Waals surface area (Å²) in [6, 6.07) is 0.679. The molecule has 1 N–H and O–H groups in total. The van der Waals surface area contributed by atoms with Crippen molar-refractivity contribution in [3.63, 3.8) is 0 Å². The van der Waals surface area contributed by atoms with Crippen molar-refractivity contribution >= 4 is 11.8 Å². The molecule has 0 aliphatic carbocycles. The van der Waals surface area contributed by atoms with E-state index in [9.17, 15) is 5.11 Å². The molecule has 1 fully saturated rings. The molecule has 1 aliphatic rings. The Bertz CT molecular complexity index is 169. The molecule has 0 aromatic carbocycles. The van der Waals surface area contributed by atoms with Crippen molar-refractivity contribution in [2.75, 3.05) is 25.1 Å². The van der Waals surface area contributed by atoms with Gasteiger partial charge in [0.1, 0.15) is 0 Å². The smallest absolute Gasteiger partial charge is 0.0670 e. The van der Waals surface area contributed by atoms with Crippen LogP contribution < -0.4 is 0 Å². The second-order valence-corrected chi connectivity index (χ2v) is 5.13. The minimum Gasteiger partial charge on any atom is -0.392 e. The van der Waals surface area contributed by atoms with E-state index in [2.05, 4.69) is 18.5 Å². The number of rotatable bonds is 6. The summed E-state index contributed by atoms with van der Waals surface area (Å²) in [6.07, 6.45) is 4.70. The fourth-order valence-corrected chi connectivity index (χ4v) is 3.05. The van der Waals surface area contributed by atoms with Gasteiger partial charge in [0, 0.05) is 18.3 Å². The summed E-state index contributed by atoms with van der Waals surface area (Å²) < 4.78 is 0. The normalized spacial score (nSPS) is 24.1. The van der Waals surface area contributed by atoms with E-state index in [-0.39, 0.29) is 6.10 Å². The Morgan fingerprint density at radius 3 is 3.07 bits per heavy atom. The minimum atomic E-state index is -0.191. The summed E-state index contributed by atoms with van der Waals surface area (Å²) in [4.78, 5) is 2.30. The molecule has 1 rings (SSSR count). The van der Waals surface area contributed by atoms with Crippen LogP contribution in [0.2, 0.25) is 0 Å². The summed E-state index contributed by atoms with van der Waals surface area (Å²) in [5, 5.41) is 9.71. The minimum absolute atomic E-state index is 0.191. The van der Waals surface area contributed by atoms with Gasteiger partial charge in [-0.25, -0.2) is 0 Å². The summed E-state index contributed by atoms with van der Waals surface area (Å²) >= 11 is 2.02. The van der Waals surface area contributed by atoms with E-state index in [1.165, 1.54) is 17.9 Å².